The summed E-state index contributed by atoms with van der Waals surface area (Å²) in [5.74, 6) is -0.903. The van der Waals surface area contributed by atoms with Gasteiger partial charge in [0, 0.05) is 0 Å². The van der Waals surface area contributed by atoms with E-state index in [0.717, 1.165) is 0 Å². The molecule has 2 nitrogen and oxygen atoms in total. The molecule has 0 radical (unpaired) electrons. The van der Waals surface area contributed by atoms with Crippen molar-refractivity contribution in [2.24, 2.45) is 0 Å². The number of carbonyl (C=O) groups is 1. The van der Waals surface area contributed by atoms with Gasteiger partial charge >= 0.3 is 29.6 Å². The van der Waals surface area contributed by atoms with Crippen LogP contribution in [0.15, 0.2) is 11.4 Å². The van der Waals surface area contributed by atoms with Crippen molar-refractivity contribution >= 4 is 17.3 Å². The summed E-state index contributed by atoms with van der Waals surface area (Å²) in [5, 5.41) is 9.94. The summed E-state index contributed by atoms with van der Waals surface area (Å²) in [5.41, 5.74) is 0. The van der Waals surface area contributed by atoms with Gasteiger partial charge < -0.3 is 9.90 Å². The molecule has 1 aromatic rings. The van der Waals surface area contributed by atoms with E-state index in [1.54, 1.807) is 11.4 Å². The molecule has 0 spiro atoms. The molecule has 0 saturated heterocycles. The van der Waals surface area contributed by atoms with Crippen molar-refractivity contribution in [2.75, 3.05) is 0 Å². The van der Waals surface area contributed by atoms with Crippen LogP contribution in [0.3, 0.4) is 0 Å². The molecule has 0 unspecified atom stereocenters. The molecule has 0 aliphatic rings. The standard InChI is InChI=1S/C5H3O2S.Na/c6-5(7)4-2-1-3-8-4;/h1,3H,(H,6,7);/q-1;+1. The van der Waals surface area contributed by atoms with Crippen molar-refractivity contribution in [3.8, 4) is 0 Å². The molecule has 0 aliphatic heterocycles. The fourth-order valence-electron chi connectivity index (χ4n) is 0.358. The van der Waals surface area contributed by atoms with E-state index in [4.69, 9.17) is 5.11 Å². The van der Waals surface area contributed by atoms with Gasteiger partial charge in [0.1, 0.15) is 0 Å². The van der Waals surface area contributed by atoms with Gasteiger partial charge in [0.15, 0.2) is 0 Å². The second-order valence-corrected chi connectivity index (χ2v) is 2.12. The zero-order valence-electron chi connectivity index (χ0n) is 4.92. The van der Waals surface area contributed by atoms with Crippen LogP contribution in [0.2, 0.25) is 0 Å². The fraction of sp³-hybridized carbons (Fsp3) is 0. The first-order valence-electron chi connectivity index (χ1n) is 1.99. The fourth-order valence-corrected chi connectivity index (χ4v) is 0.867. The molecular formula is C5H3NaO2S. The number of rotatable bonds is 1. The van der Waals surface area contributed by atoms with Gasteiger partial charge in [-0.2, -0.15) is 12.1 Å². The van der Waals surface area contributed by atoms with Crippen LogP contribution in [-0.4, -0.2) is 11.1 Å². The topological polar surface area (TPSA) is 37.3 Å². The van der Waals surface area contributed by atoms with Crippen molar-refractivity contribution in [1.29, 1.82) is 0 Å². The maximum Gasteiger partial charge on any atom is 1.00 e. The quantitative estimate of drug-likeness (QED) is 0.381. The van der Waals surface area contributed by atoms with E-state index in [0.29, 0.717) is 0 Å². The second-order valence-electron chi connectivity index (χ2n) is 1.20. The Hall–Kier alpha value is 0.170. The molecule has 4 heteroatoms. The van der Waals surface area contributed by atoms with Crippen molar-refractivity contribution in [3.63, 3.8) is 0 Å². The number of hydrogen-bond acceptors (Lipinski definition) is 2. The summed E-state index contributed by atoms with van der Waals surface area (Å²) in [6.07, 6.45) is 0. The summed E-state index contributed by atoms with van der Waals surface area (Å²) in [6.45, 7) is 0. The molecule has 0 amide bonds. The second kappa shape index (κ2) is 4.06. The molecule has 0 fully saturated rings. The predicted molar refractivity (Wildman–Crippen MR) is 30.1 cm³/mol. The van der Waals surface area contributed by atoms with Crippen LogP contribution in [0.1, 0.15) is 9.67 Å². The Labute approximate surface area is 78.8 Å². The number of thiophene rings is 1. The Kier molecular flexibility index (Phi) is 4.14. The monoisotopic (exact) mass is 150 g/mol. The van der Waals surface area contributed by atoms with Crippen LogP contribution in [0, 0.1) is 6.07 Å². The van der Waals surface area contributed by atoms with E-state index >= 15 is 0 Å². The molecular weight excluding hydrogens is 147 g/mol. The number of aromatic carboxylic acids is 1. The molecule has 1 aromatic heterocycles. The van der Waals surface area contributed by atoms with Gasteiger partial charge in [0.2, 0.25) is 5.97 Å². The first kappa shape index (κ1) is 9.17. The van der Waals surface area contributed by atoms with E-state index in [2.05, 4.69) is 6.07 Å². The molecule has 0 saturated carbocycles. The van der Waals surface area contributed by atoms with Crippen LogP contribution in [0.5, 0.6) is 0 Å². The van der Waals surface area contributed by atoms with E-state index in [9.17, 15) is 4.79 Å². The minimum Gasteiger partial charge on any atom is -0.534 e. The largest absolute Gasteiger partial charge is 1.00 e. The zero-order chi connectivity index (χ0) is 5.98. The third-order valence-corrected chi connectivity index (χ3v) is 1.46. The summed E-state index contributed by atoms with van der Waals surface area (Å²) < 4.78 is 0. The smallest absolute Gasteiger partial charge is 0.534 e. The van der Waals surface area contributed by atoms with Gasteiger partial charge in [-0.1, -0.05) is 0 Å². The molecule has 0 aliphatic carbocycles. The van der Waals surface area contributed by atoms with Crippen LogP contribution in [0.4, 0.5) is 0 Å². The molecule has 1 heterocycles. The van der Waals surface area contributed by atoms with E-state index < -0.39 is 5.97 Å². The predicted octanol–water partition coefficient (Wildman–Crippen LogP) is -1.75. The summed E-state index contributed by atoms with van der Waals surface area (Å²) in [6, 6.07) is 4.15. The molecule has 1 N–H and O–H groups in total. The molecule has 9 heavy (non-hydrogen) atoms. The van der Waals surface area contributed by atoms with Gasteiger partial charge in [-0.3, -0.25) is 0 Å². The van der Waals surface area contributed by atoms with Crippen molar-refractivity contribution in [1.82, 2.24) is 0 Å². The Morgan fingerprint density at radius 1 is 1.78 bits per heavy atom. The first-order chi connectivity index (χ1) is 3.80. The number of carboxylic acids is 1. The SMILES string of the molecule is O=C(O)c1[c-]ccs1.[Na+]. The summed E-state index contributed by atoms with van der Waals surface area (Å²) in [4.78, 5) is 10.3. The van der Waals surface area contributed by atoms with Gasteiger partial charge in [-0.25, -0.2) is 11.3 Å². The van der Waals surface area contributed by atoms with Crippen molar-refractivity contribution < 1.29 is 39.5 Å². The van der Waals surface area contributed by atoms with Crippen LogP contribution < -0.4 is 29.6 Å². The summed E-state index contributed by atoms with van der Waals surface area (Å²) in [7, 11) is 0. The van der Waals surface area contributed by atoms with Gasteiger partial charge in [-0.15, -0.1) is 5.38 Å². The molecule has 42 valence electrons. The number of hydrogen-bond donors (Lipinski definition) is 1. The molecule has 0 atom stereocenters. The Bertz CT molecular complexity index is 183. The van der Waals surface area contributed by atoms with Gasteiger partial charge in [-0.05, 0) is 4.88 Å². The van der Waals surface area contributed by atoms with E-state index in [1.807, 2.05) is 0 Å². The zero-order valence-corrected chi connectivity index (χ0v) is 7.73. The minimum atomic E-state index is -0.903. The normalized spacial score (nSPS) is 8.00. The van der Waals surface area contributed by atoms with Gasteiger partial charge in [0.05, 0.1) is 0 Å². The summed E-state index contributed by atoms with van der Waals surface area (Å²) >= 11 is 1.18. The van der Waals surface area contributed by atoms with Crippen molar-refractivity contribution in [2.45, 2.75) is 0 Å². The maximum atomic E-state index is 10.0. The molecule has 0 bridgehead atoms. The van der Waals surface area contributed by atoms with E-state index in [-0.39, 0.29) is 34.4 Å². The number of carboxylic acid groups (broad SMARTS) is 1. The maximum absolute atomic E-state index is 10.0. The van der Waals surface area contributed by atoms with Gasteiger partial charge in [0.25, 0.3) is 0 Å². The van der Waals surface area contributed by atoms with Crippen LogP contribution in [-0.2, 0) is 0 Å². The average molecular weight is 150 g/mol. The van der Waals surface area contributed by atoms with Crippen LogP contribution >= 0.6 is 11.3 Å². The Morgan fingerprint density at radius 3 is 2.67 bits per heavy atom. The van der Waals surface area contributed by atoms with Crippen molar-refractivity contribution in [3.05, 3.63) is 22.4 Å². The Morgan fingerprint density at radius 2 is 2.44 bits per heavy atom. The molecule has 1 rings (SSSR count). The third-order valence-electron chi connectivity index (χ3n) is 0.663. The molecule has 0 aromatic carbocycles. The first-order valence-corrected chi connectivity index (χ1v) is 2.87. The Balaban J connectivity index is 0.000000640. The van der Waals surface area contributed by atoms with E-state index in [1.165, 1.54) is 11.3 Å². The van der Waals surface area contributed by atoms with Crippen LogP contribution in [0.25, 0.3) is 0 Å². The third kappa shape index (κ3) is 2.49. The average Bonchev–Trinajstić information content (AvgIpc) is 2.12. The minimum absolute atomic E-state index is 0.